The van der Waals surface area contributed by atoms with E-state index in [4.69, 9.17) is 9.47 Å². The number of hydrogen-bond acceptors (Lipinski definition) is 4. The Hall–Kier alpha value is -2.10. The Balaban J connectivity index is 1.80. The smallest absolute Gasteiger partial charge is 0.173 e. The molecule has 1 aromatic rings. The first-order chi connectivity index (χ1) is 12.2. The van der Waals surface area contributed by atoms with Gasteiger partial charge in [0.2, 0.25) is 0 Å². The van der Waals surface area contributed by atoms with Crippen molar-refractivity contribution in [1.82, 2.24) is 0 Å². The SMILES string of the molecule is C=C1C(C)CCCC1(C)CCC1(C)C=Cc2c(O)c(OC)cc(O)c2O1. The molecule has 1 heterocycles. The second-order valence-electron chi connectivity index (χ2n) is 8.32. The van der Waals surface area contributed by atoms with Crippen LogP contribution in [-0.4, -0.2) is 22.9 Å². The van der Waals surface area contributed by atoms with Crippen LogP contribution in [0.25, 0.3) is 6.08 Å². The molecule has 0 radical (unpaired) electrons. The molecule has 2 N–H and O–H groups in total. The summed E-state index contributed by atoms with van der Waals surface area (Å²) in [4.78, 5) is 0. The lowest BCUT2D eigenvalue weighted by atomic mass is 9.65. The number of fused-ring (bicyclic) bond motifs is 1. The van der Waals surface area contributed by atoms with Crippen molar-refractivity contribution >= 4 is 6.08 Å². The molecule has 3 atom stereocenters. The molecule has 26 heavy (non-hydrogen) atoms. The Morgan fingerprint density at radius 2 is 2.04 bits per heavy atom. The third-order valence-corrected chi connectivity index (χ3v) is 6.30. The molecule has 1 saturated carbocycles. The first kappa shape index (κ1) is 18.7. The van der Waals surface area contributed by atoms with E-state index in [2.05, 4.69) is 20.4 Å². The van der Waals surface area contributed by atoms with E-state index < -0.39 is 5.60 Å². The molecule has 0 amide bonds. The van der Waals surface area contributed by atoms with Gasteiger partial charge in [-0.1, -0.05) is 32.4 Å². The molecule has 142 valence electrons. The number of allylic oxidation sites excluding steroid dienone is 1. The van der Waals surface area contributed by atoms with E-state index in [9.17, 15) is 10.2 Å². The van der Waals surface area contributed by atoms with Gasteiger partial charge >= 0.3 is 0 Å². The van der Waals surface area contributed by atoms with Gasteiger partial charge in [-0.25, -0.2) is 0 Å². The van der Waals surface area contributed by atoms with Crippen molar-refractivity contribution < 1.29 is 19.7 Å². The maximum Gasteiger partial charge on any atom is 0.173 e. The zero-order chi connectivity index (χ0) is 19.1. The third-order valence-electron chi connectivity index (χ3n) is 6.30. The molecule has 4 heteroatoms. The van der Waals surface area contributed by atoms with Crippen molar-refractivity contribution in [2.24, 2.45) is 11.3 Å². The van der Waals surface area contributed by atoms with Crippen molar-refractivity contribution in [2.45, 2.75) is 58.5 Å². The average molecular weight is 358 g/mol. The number of aromatic hydroxyl groups is 2. The summed E-state index contributed by atoms with van der Waals surface area (Å²) >= 11 is 0. The Labute approximate surface area is 156 Å². The van der Waals surface area contributed by atoms with Crippen molar-refractivity contribution in [3.05, 3.63) is 29.9 Å². The van der Waals surface area contributed by atoms with Crippen LogP contribution in [0.1, 0.15) is 58.4 Å². The Bertz CT molecular complexity index is 751. The third kappa shape index (κ3) is 3.17. The van der Waals surface area contributed by atoms with E-state index in [0.29, 0.717) is 17.2 Å². The minimum atomic E-state index is -0.532. The van der Waals surface area contributed by atoms with Crippen molar-refractivity contribution in [1.29, 1.82) is 0 Å². The molecule has 1 aliphatic heterocycles. The molecule has 3 rings (SSSR count). The average Bonchev–Trinajstić information content (AvgIpc) is 2.61. The standard InChI is InChI=1S/C22H30O4/c1-14-7-6-9-21(3,15(14)2)11-12-22(4)10-8-16-19(24)18(25-5)13-17(23)20(16)26-22/h8,10,13-14,23-24H,2,6-7,9,11-12H2,1,3-5H3. The first-order valence-electron chi connectivity index (χ1n) is 9.39. The molecule has 1 aromatic carbocycles. The predicted molar refractivity (Wildman–Crippen MR) is 104 cm³/mol. The maximum absolute atomic E-state index is 10.3. The maximum atomic E-state index is 10.3. The lowest BCUT2D eigenvalue weighted by Gasteiger charge is -2.42. The number of methoxy groups -OCH3 is 1. The second-order valence-corrected chi connectivity index (χ2v) is 8.32. The lowest BCUT2D eigenvalue weighted by Crippen LogP contribution is -2.36. The van der Waals surface area contributed by atoms with Crippen LogP contribution in [0.4, 0.5) is 0 Å². The fraction of sp³-hybridized carbons (Fsp3) is 0.545. The van der Waals surface area contributed by atoms with Crippen LogP contribution in [0.15, 0.2) is 24.3 Å². The van der Waals surface area contributed by atoms with Crippen LogP contribution in [0.3, 0.4) is 0 Å². The zero-order valence-corrected chi connectivity index (χ0v) is 16.3. The highest BCUT2D eigenvalue weighted by atomic mass is 16.5. The zero-order valence-electron chi connectivity index (χ0n) is 16.3. The van der Waals surface area contributed by atoms with E-state index in [1.54, 1.807) is 0 Å². The predicted octanol–water partition coefficient (Wildman–Crippen LogP) is 5.43. The summed E-state index contributed by atoms with van der Waals surface area (Å²) in [6.45, 7) is 11.0. The van der Waals surface area contributed by atoms with Crippen LogP contribution >= 0.6 is 0 Å². The Morgan fingerprint density at radius 1 is 1.31 bits per heavy atom. The molecule has 1 aliphatic carbocycles. The molecule has 1 fully saturated rings. The normalized spacial score (nSPS) is 30.6. The van der Waals surface area contributed by atoms with E-state index in [1.807, 2.05) is 19.1 Å². The quantitative estimate of drug-likeness (QED) is 0.556. The van der Waals surface area contributed by atoms with E-state index >= 15 is 0 Å². The van der Waals surface area contributed by atoms with Gasteiger partial charge in [-0.2, -0.15) is 0 Å². The van der Waals surface area contributed by atoms with Crippen molar-refractivity contribution in [3.63, 3.8) is 0 Å². The van der Waals surface area contributed by atoms with Crippen molar-refractivity contribution in [3.8, 4) is 23.0 Å². The van der Waals surface area contributed by atoms with Crippen LogP contribution in [-0.2, 0) is 0 Å². The van der Waals surface area contributed by atoms with Gasteiger partial charge in [0.1, 0.15) is 5.60 Å². The molecule has 3 unspecified atom stereocenters. The first-order valence-corrected chi connectivity index (χ1v) is 9.39. The number of hydrogen-bond donors (Lipinski definition) is 2. The number of phenols is 2. The summed E-state index contributed by atoms with van der Waals surface area (Å²) in [5, 5.41) is 20.6. The Morgan fingerprint density at radius 3 is 2.73 bits per heavy atom. The summed E-state index contributed by atoms with van der Waals surface area (Å²) in [6.07, 6.45) is 9.21. The lowest BCUT2D eigenvalue weighted by molar-refractivity contribution is 0.0991. The van der Waals surface area contributed by atoms with Gasteiger partial charge in [0.25, 0.3) is 0 Å². The fourth-order valence-electron chi connectivity index (χ4n) is 4.25. The largest absolute Gasteiger partial charge is 0.504 e. The molecule has 0 saturated heterocycles. The summed E-state index contributed by atoms with van der Waals surface area (Å²) in [5.41, 5.74) is 1.40. The van der Waals surface area contributed by atoms with Gasteiger partial charge < -0.3 is 19.7 Å². The van der Waals surface area contributed by atoms with Gasteiger partial charge in [0.05, 0.1) is 12.7 Å². The highest BCUT2D eigenvalue weighted by molar-refractivity contribution is 5.74. The summed E-state index contributed by atoms with van der Waals surface area (Å²) in [6, 6.07) is 1.39. The van der Waals surface area contributed by atoms with E-state index in [1.165, 1.54) is 31.6 Å². The molecular formula is C22H30O4. The minimum absolute atomic E-state index is 0.0138. The summed E-state index contributed by atoms with van der Waals surface area (Å²) in [7, 11) is 1.46. The van der Waals surface area contributed by atoms with Crippen LogP contribution in [0.5, 0.6) is 23.0 Å². The molecule has 0 spiro atoms. The Kier molecular flexibility index (Phi) is 4.72. The van der Waals surface area contributed by atoms with E-state index in [-0.39, 0.29) is 22.7 Å². The van der Waals surface area contributed by atoms with Gasteiger partial charge in [-0.05, 0) is 56.1 Å². The number of rotatable bonds is 4. The fourth-order valence-corrected chi connectivity index (χ4v) is 4.25. The highest BCUT2D eigenvalue weighted by Crippen LogP contribution is 2.50. The molecular weight excluding hydrogens is 328 g/mol. The monoisotopic (exact) mass is 358 g/mol. The van der Waals surface area contributed by atoms with Crippen molar-refractivity contribution in [2.75, 3.05) is 7.11 Å². The van der Waals surface area contributed by atoms with Gasteiger partial charge in [-0.3, -0.25) is 0 Å². The molecule has 0 aromatic heterocycles. The van der Waals surface area contributed by atoms with E-state index in [0.717, 1.165) is 19.3 Å². The van der Waals surface area contributed by atoms with Gasteiger partial charge in [-0.15, -0.1) is 0 Å². The highest BCUT2D eigenvalue weighted by Gasteiger charge is 2.38. The second kappa shape index (κ2) is 6.57. The van der Waals surface area contributed by atoms with Crippen LogP contribution < -0.4 is 9.47 Å². The summed E-state index contributed by atoms with van der Waals surface area (Å²) < 4.78 is 11.2. The van der Waals surface area contributed by atoms with Crippen LogP contribution in [0.2, 0.25) is 0 Å². The van der Waals surface area contributed by atoms with Gasteiger partial charge in [0.15, 0.2) is 23.0 Å². The number of benzene rings is 1. The molecule has 4 nitrogen and oxygen atoms in total. The molecule has 2 aliphatic rings. The minimum Gasteiger partial charge on any atom is -0.504 e. The topological polar surface area (TPSA) is 58.9 Å². The summed E-state index contributed by atoms with van der Waals surface area (Å²) in [5.74, 6) is 1.08. The van der Waals surface area contributed by atoms with Gasteiger partial charge in [0, 0.05) is 6.07 Å². The molecule has 0 bridgehead atoms. The van der Waals surface area contributed by atoms with Crippen LogP contribution in [0, 0.1) is 11.3 Å². The number of phenolic OH excluding ortho intramolecular Hbond substituents is 2. The number of ether oxygens (including phenoxy) is 2.